The van der Waals surface area contributed by atoms with E-state index in [1.165, 1.54) is 0 Å². The summed E-state index contributed by atoms with van der Waals surface area (Å²) in [6.07, 6.45) is 2.15. The van der Waals surface area contributed by atoms with E-state index in [9.17, 15) is 4.79 Å². The average molecular weight is 287 g/mol. The van der Waals surface area contributed by atoms with Crippen molar-refractivity contribution in [2.45, 2.75) is 26.1 Å². The number of hydrogen-bond donors (Lipinski definition) is 1. The Morgan fingerprint density at radius 2 is 1.95 bits per heavy atom. The molecule has 1 aliphatic heterocycles. The largest absolute Gasteiger partial charge is 0.372 e. The highest BCUT2D eigenvalue weighted by atomic mass is 16.5. The zero-order valence-electron chi connectivity index (χ0n) is 12.7. The van der Waals surface area contributed by atoms with E-state index in [-0.39, 0.29) is 18.2 Å². The summed E-state index contributed by atoms with van der Waals surface area (Å²) < 4.78 is 7.71. The molecule has 112 valence electrons. The molecule has 2 aromatic rings. The van der Waals surface area contributed by atoms with Gasteiger partial charge < -0.3 is 19.5 Å². The van der Waals surface area contributed by atoms with Crippen molar-refractivity contribution in [2.24, 2.45) is 7.05 Å². The van der Waals surface area contributed by atoms with Crippen LogP contribution in [0.4, 0.5) is 10.5 Å². The van der Waals surface area contributed by atoms with E-state index >= 15 is 0 Å². The Hall–Kier alpha value is -2.01. The third-order valence-electron chi connectivity index (χ3n) is 3.88. The van der Waals surface area contributed by atoms with Crippen molar-refractivity contribution in [3.8, 4) is 0 Å². The van der Waals surface area contributed by atoms with Crippen LogP contribution in [0.5, 0.6) is 0 Å². The first kappa shape index (κ1) is 13.9. The predicted molar refractivity (Wildman–Crippen MR) is 83.5 cm³/mol. The summed E-state index contributed by atoms with van der Waals surface area (Å²) in [7, 11) is 2.00. The lowest BCUT2D eigenvalue weighted by atomic mass is 10.2. The lowest BCUT2D eigenvalue weighted by Gasteiger charge is -2.35. The number of fused-ring (bicyclic) bond motifs is 1. The summed E-state index contributed by atoms with van der Waals surface area (Å²) in [5.74, 6) is 0. The molecule has 3 rings (SSSR count). The number of benzene rings is 1. The lowest BCUT2D eigenvalue weighted by molar-refractivity contribution is -0.0530. The Morgan fingerprint density at radius 3 is 2.67 bits per heavy atom. The number of aryl methyl sites for hydroxylation is 1. The number of carbonyl (C=O) groups is 1. The van der Waals surface area contributed by atoms with Crippen molar-refractivity contribution in [2.75, 3.05) is 18.4 Å². The predicted octanol–water partition coefficient (Wildman–Crippen LogP) is 2.82. The Morgan fingerprint density at radius 1 is 1.24 bits per heavy atom. The molecule has 2 atom stereocenters. The summed E-state index contributed by atoms with van der Waals surface area (Å²) in [6.45, 7) is 5.24. The number of rotatable bonds is 1. The summed E-state index contributed by atoms with van der Waals surface area (Å²) in [6, 6.07) is 7.91. The number of urea groups is 1. The van der Waals surface area contributed by atoms with Crippen LogP contribution in [-0.4, -0.2) is 40.8 Å². The van der Waals surface area contributed by atoms with Crippen LogP contribution in [0.1, 0.15) is 13.8 Å². The molecule has 1 aromatic carbocycles. The standard InChI is InChI=1S/C16H21N3O2/c1-11-9-19(10-12(2)21-11)16(20)17-14-5-4-6-15-13(14)7-8-18(15)3/h4-8,11-12H,9-10H2,1-3H3,(H,17,20)/t11-,12-/m0/s1. The van der Waals surface area contributed by atoms with Gasteiger partial charge >= 0.3 is 6.03 Å². The van der Waals surface area contributed by atoms with E-state index in [0.717, 1.165) is 16.6 Å². The van der Waals surface area contributed by atoms with Crippen LogP contribution in [-0.2, 0) is 11.8 Å². The normalized spacial score (nSPS) is 22.5. The molecule has 0 bridgehead atoms. The summed E-state index contributed by atoms with van der Waals surface area (Å²) >= 11 is 0. The number of nitrogens with zero attached hydrogens (tertiary/aromatic N) is 2. The van der Waals surface area contributed by atoms with Gasteiger partial charge in [0.25, 0.3) is 0 Å². The van der Waals surface area contributed by atoms with Crippen LogP contribution in [0.3, 0.4) is 0 Å². The van der Waals surface area contributed by atoms with E-state index in [1.54, 1.807) is 0 Å². The van der Waals surface area contributed by atoms with Gasteiger partial charge in [0.1, 0.15) is 0 Å². The van der Waals surface area contributed by atoms with Gasteiger partial charge in [-0.3, -0.25) is 0 Å². The third-order valence-corrected chi connectivity index (χ3v) is 3.88. The van der Waals surface area contributed by atoms with Gasteiger partial charge in [-0.25, -0.2) is 4.79 Å². The van der Waals surface area contributed by atoms with Crippen LogP contribution in [0.25, 0.3) is 10.9 Å². The monoisotopic (exact) mass is 287 g/mol. The van der Waals surface area contributed by atoms with Gasteiger partial charge in [-0.05, 0) is 32.0 Å². The molecule has 1 saturated heterocycles. The van der Waals surface area contributed by atoms with Crippen LogP contribution in [0.2, 0.25) is 0 Å². The van der Waals surface area contributed by atoms with Crippen LogP contribution >= 0.6 is 0 Å². The molecule has 0 spiro atoms. The summed E-state index contributed by atoms with van der Waals surface area (Å²) in [5, 5.41) is 4.09. The number of nitrogens with one attached hydrogen (secondary N) is 1. The first-order chi connectivity index (χ1) is 10.0. The highest BCUT2D eigenvalue weighted by Gasteiger charge is 2.26. The first-order valence-corrected chi connectivity index (χ1v) is 7.30. The molecule has 1 aliphatic rings. The second-order valence-electron chi connectivity index (χ2n) is 5.76. The van der Waals surface area contributed by atoms with E-state index in [0.29, 0.717) is 13.1 Å². The SMILES string of the molecule is C[C@H]1CN(C(=O)Nc2cccc3c2ccn3C)C[C@H](C)O1. The van der Waals surface area contributed by atoms with Crippen molar-refractivity contribution in [3.05, 3.63) is 30.5 Å². The van der Waals surface area contributed by atoms with Gasteiger partial charge in [-0.1, -0.05) is 6.07 Å². The minimum Gasteiger partial charge on any atom is -0.372 e. The zero-order chi connectivity index (χ0) is 15.0. The molecule has 21 heavy (non-hydrogen) atoms. The van der Waals surface area contributed by atoms with Crippen molar-refractivity contribution in [1.29, 1.82) is 0 Å². The Kier molecular flexibility index (Phi) is 3.59. The van der Waals surface area contributed by atoms with E-state index < -0.39 is 0 Å². The fraction of sp³-hybridized carbons (Fsp3) is 0.438. The summed E-state index contributed by atoms with van der Waals surface area (Å²) in [4.78, 5) is 14.3. The van der Waals surface area contributed by atoms with Gasteiger partial charge in [0.05, 0.1) is 17.9 Å². The van der Waals surface area contributed by atoms with Gasteiger partial charge in [0.2, 0.25) is 0 Å². The minimum absolute atomic E-state index is 0.0617. The number of ether oxygens (including phenoxy) is 1. The maximum atomic E-state index is 12.5. The molecule has 0 aliphatic carbocycles. The fourth-order valence-corrected chi connectivity index (χ4v) is 2.95. The smallest absolute Gasteiger partial charge is 0.322 e. The average Bonchev–Trinajstić information content (AvgIpc) is 2.81. The third kappa shape index (κ3) is 2.74. The maximum absolute atomic E-state index is 12.5. The van der Waals surface area contributed by atoms with Gasteiger partial charge in [0, 0.05) is 37.2 Å². The van der Waals surface area contributed by atoms with Crippen molar-refractivity contribution >= 4 is 22.6 Å². The number of amides is 2. The van der Waals surface area contributed by atoms with Crippen LogP contribution in [0, 0.1) is 0 Å². The molecule has 5 heteroatoms. The zero-order valence-corrected chi connectivity index (χ0v) is 12.7. The molecule has 0 radical (unpaired) electrons. The number of carbonyl (C=O) groups excluding carboxylic acids is 1. The number of morpholine rings is 1. The van der Waals surface area contributed by atoms with Crippen LogP contribution < -0.4 is 5.32 Å². The molecule has 2 amide bonds. The molecule has 1 N–H and O–H groups in total. The number of anilines is 1. The second-order valence-corrected chi connectivity index (χ2v) is 5.76. The van der Waals surface area contributed by atoms with Crippen molar-refractivity contribution < 1.29 is 9.53 Å². The quantitative estimate of drug-likeness (QED) is 0.876. The first-order valence-electron chi connectivity index (χ1n) is 7.30. The van der Waals surface area contributed by atoms with E-state index in [4.69, 9.17) is 4.74 Å². The fourth-order valence-electron chi connectivity index (χ4n) is 2.95. The van der Waals surface area contributed by atoms with E-state index in [2.05, 4.69) is 5.32 Å². The number of hydrogen-bond acceptors (Lipinski definition) is 2. The van der Waals surface area contributed by atoms with Crippen molar-refractivity contribution in [3.63, 3.8) is 0 Å². The van der Waals surface area contributed by atoms with E-state index in [1.807, 2.05) is 60.8 Å². The molecule has 0 saturated carbocycles. The Balaban J connectivity index is 1.80. The topological polar surface area (TPSA) is 46.5 Å². The molecule has 2 heterocycles. The molecule has 1 fully saturated rings. The molecule has 0 unspecified atom stereocenters. The Bertz CT molecular complexity index is 655. The second kappa shape index (κ2) is 5.41. The molecular formula is C16H21N3O2. The lowest BCUT2D eigenvalue weighted by Crippen LogP contribution is -2.49. The van der Waals surface area contributed by atoms with Gasteiger partial charge in [-0.15, -0.1) is 0 Å². The molecule has 5 nitrogen and oxygen atoms in total. The number of aromatic nitrogens is 1. The van der Waals surface area contributed by atoms with Gasteiger partial charge in [0.15, 0.2) is 0 Å². The summed E-state index contributed by atoms with van der Waals surface area (Å²) in [5.41, 5.74) is 1.96. The molecular weight excluding hydrogens is 266 g/mol. The maximum Gasteiger partial charge on any atom is 0.322 e. The van der Waals surface area contributed by atoms with Crippen LogP contribution in [0.15, 0.2) is 30.5 Å². The Labute approximate surface area is 124 Å². The van der Waals surface area contributed by atoms with Crippen molar-refractivity contribution in [1.82, 2.24) is 9.47 Å². The minimum atomic E-state index is -0.0617. The molecule has 1 aromatic heterocycles. The highest BCUT2D eigenvalue weighted by Crippen LogP contribution is 2.24. The van der Waals surface area contributed by atoms with Gasteiger partial charge in [-0.2, -0.15) is 0 Å². The highest BCUT2D eigenvalue weighted by molar-refractivity contribution is 6.00.